The predicted octanol–water partition coefficient (Wildman–Crippen LogP) is 4.02. The SMILES string of the molecule is COc1ccc(CCNc2ccc(NC(=O)c3cc(OC)c(OC)c(OC)c3)cn2)cc1. The van der Waals surface area contributed by atoms with E-state index >= 15 is 0 Å². The third-order valence-corrected chi connectivity index (χ3v) is 4.83. The number of pyridine rings is 1. The molecule has 0 aliphatic carbocycles. The van der Waals surface area contributed by atoms with Gasteiger partial charge in [0.25, 0.3) is 5.91 Å². The number of rotatable bonds is 10. The number of carbonyl (C=O) groups excluding carboxylic acids is 1. The molecule has 0 fully saturated rings. The van der Waals surface area contributed by atoms with Crippen LogP contribution < -0.4 is 29.6 Å². The Morgan fingerprint density at radius 1 is 0.875 bits per heavy atom. The summed E-state index contributed by atoms with van der Waals surface area (Å²) < 4.78 is 21.1. The van der Waals surface area contributed by atoms with Gasteiger partial charge in [-0.05, 0) is 48.4 Å². The van der Waals surface area contributed by atoms with E-state index in [1.165, 1.54) is 26.9 Å². The monoisotopic (exact) mass is 437 g/mol. The number of nitrogens with zero attached hydrogens (tertiary/aromatic N) is 1. The van der Waals surface area contributed by atoms with E-state index in [4.69, 9.17) is 18.9 Å². The fraction of sp³-hybridized carbons (Fsp3) is 0.250. The summed E-state index contributed by atoms with van der Waals surface area (Å²) in [7, 11) is 6.17. The van der Waals surface area contributed by atoms with Crippen molar-refractivity contribution >= 4 is 17.4 Å². The molecule has 32 heavy (non-hydrogen) atoms. The number of nitrogens with one attached hydrogen (secondary N) is 2. The van der Waals surface area contributed by atoms with Crippen molar-refractivity contribution in [2.24, 2.45) is 0 Å². The lowest BCUT2D eigenvalue weighted by Gasteiger charge is -2.14. The van der Waals surface area contributed by atoms with Crippen LogP contribution in [0.4, 0.5) is 11.5 Å². The summed E-state index contributed by atoms with van der Waals surface area (Å²) in [5.74, 6) is 2.50. The van der Waals surface area contributed by atoms with Crippen LogP contribution in [0.1, 0.15) is 15.9 Å². The van der Waals surface area contributed by atoms with Gasteiger partial charge in [0.15, 0.2) is 11.5 Å². The molecule has 0 bridgehead atoms. The number of hydrogen-bond donors (Lipinski definition) is 2. The van der Waals surface area contributed by atoms with Gasteiger partial charge in [-0.3, -0.25) is 4.79 Å². The molecule has 1 aromatic heterocycles. The lowest BCUT2D eigenvalue weighted by atomic mass is 10.1. The molecule has 2 aromatic carbocycles. The summed E-state index contributed by atoms with van der Waals surface area (Å²) in [6, 6.07) is 14.8. The topological polar surface area (TPSA) is 90.9 Å². The van der Waals surface area contributed by atoms with Gasteiger partial charge in [0.1, 0.15) is 11.6 Å². The Labute approximate surface area is 187 Å². The molecule has 0 saturated heterocycles. The Morgan fingerprint density at radius 2 is 1.56 bits per heavy atom. The molecule has 1 amide bonds. The van der Waals surface area contributed by atoms with Gasteiger partial charge in [-0.1, -0.05) is 12.1 Å². The highest BCUT2D eigenvalue weighted by Gasteiger charge is 2.17. The van der Waals surface area contributed by atoms with E-state index < -0.39 is 0 Å². The molecule has 8 nitrogen and oxygen atoms in total. The zero-order chi connectivity index (χ0) is 22.9. The lowest BCUT2D eigenvalue weighted by molar-refractivity contribution is 0.102. The van der Waals surface area contributed by atoms with Crippen LogP contribution in [-0.4, -0.2) is 45.9 Å². The average molecular weight is 437 g/mol. The summed E-state index contributed by atoms with van der Waals surface area (Å²) in [6.45, 7) is 0.733. The van der Waals surface area contributed by atoms with Crippen LogP contribution in [0, 0.1) is 0 Å². The Kier molecular flexibility index (Phi) is 7.75. The fourth-order valence-electron chi connectivity index (χ4n) is 3.11. The minimum Gasteiger partial charge on any atom is -0.497 e. The summed E-state index contributed by atoms with van der Waals surface area (Å²) >= 11 is 0. The van der Waals surface area contributed by atoms with Crippen molar-refractivity contribution in [1.29, 1.82) is 0 Å². The van der Waals surface area contributed by atoms with Crippen molar-refractivity contribution in [3.05, 3.63) is 65.9 Å². The normalized spacial score (nSPS) is 10.2. The second kappa shape index (κ2) is 10.9. The maximum Gasteiger partial charge on any atom is 0.255 e. The molecule has 0 radical (unpaired) electrons. The van der Waals surface area contributed by atoms with Gasteiger partial charge in [-0.15, -0.1) is 0 Å². The van der Waals surface area contributed by atoms with Gasteiger partial charge < -0.3 is 29.6 Å². The second-order valence-corrected chi connectivity index (χ2v) is 6.83. The Balaban J connectivity index is 1.58. The number of hydrogen-bond acceptors (Lipinski definition) is 7. The molecule has 0 saturated carbocycles. The van der Waals surface area contributed by atoms with Gasteiger partial charge in [-0.25, -0.2) is 4.98 Å². The molecule has 0 aliphatic heterocycles. The van der Waals surface area contributed by atoms with Crippen molar-refractivity contribution in [2.75, 3.05) is 45.6 Å². The quantitative estimate of drug-likeness (QED) is 0.495. The highest BCUT2D eigenvalue weighted by Crippen LogP contribution is 2.38. The van der Waals surface area contributed by atoms with Gasteiger partial charge in [-0.2, -0.15) is 0 Å². The van der Waals surface area contributed by atoms with Crippen molar-refractivity contribution < 1.29 is 23.7 Å². The summed E-state index contributed by atoms with van der Waals surface area (Å²) in [5.41, 5.74) is 2.15. The predicted molar refractivity (Wildman–Crippen MR) is 123 cm³/mol. The standard InChI is InChI=1S/C24H27N3O5/c1-29-19-8-5-16(6-9-19)11-12-25-22-10-7-18(15-26-22)27-24(28)17-13-20(30-2)23(32-4)21(14-17)31-3/h5-10,13-15H,11-12H2,1-4H3,(H,25,26)(H,27,28). The number of anilines is 2. The van der Waals surface area contributed by atoms with Gasteiger partial charge >= 0.3 is 0 Å². The molecule has 168 valence electrons. The van der Waals surface area contributed by atoms with E-state index in [0.29, 0.717) is 28.5 Å². The fourth-order valence-corrected chi connectivity index (χ4v) is 3.11. The van der Waals surface area contributed by atoms with Crippen LogP contribution in [-0.2, 0) is 6.42 Å². The smallest absolute Gasteiger partial charge is 0.255 e. The van der Waals surface area contributed by atoms with Crippen LogP contribution in [0.5, 0.6) is 23.0 Å². The zero-order valence-electron chi connectivity index (χ0n) is 18.6. The zero-order valence-corrected chi connectivity index (χ0v) is 18.6. The molecular formula is C24H27N3O5. The van der Waals surface area contributed by atoms with Crippen LogP contribution in [0.25, 0.3) is 0 Å². The number of carbonyl (C=O) groups is 1. The van der Waals surface area contributed by atoms with Crippen LogP contribution in [0.3, 0.4) is 0 Å². The molecule has 3 rings (SSSR count). The molecule has 8 heteroatoms. The van der Waals surface area contributed by atoms with E-state index in [1.54, 1.807) is 31.5 Å². The second-order valence-electron chi connectivity index (χ2n) is 6.83. The van der Waals surface area contributed by atoms with Crippen molar-refractivity contribution in [1.82, 2.24) is 4.98 Å². The molecule has 0 aliphatic rings. The van der Waals surface area contributed by atoms with E-state index in [1.807, 2.05) is 30.3 Å². The summed E-state index contributed by atoms with van der Waals surface area (Å²) in [4.78, 5) is 17.1. The van der Waals surface area contributed by atoms with Gasteiger partial charge in [0, 0.05) is 12.1 Å². The Hall–Kier alpha value is -3.94. The maximum absolute atomic E-state index is 12.7. The summed E-state index contributed by atoms with van der Waals surface area (Å²) in [6.07, 6.45) is 2.46. The third kappa shape index (κ3) is 5.60. The van der Waals surface area contributed by atoms with Crippen molar-refractivity contribution in [3.63, 3.8) is 0 Å². The Morgan fingerprint density at radius 3 is 2.09 bits per heavy atom. The molecule has 0 atom stereocenters. The molecule has 2 N–H and O–H groups in total. The first-order valence-corrected chi connectivity index (χ1v) is 10.0. The average Bonchev–Trinajstić information content (AvgIpc) is 2.84. The Bertz CT molecular complexity index is 1010. The maximum atomic E-state index is 12.7. The van der Waals surface area contributed by atoms with E-state index in [0.717, 1.165) is 24.5 Å². The largest absolute Gasteiger partial charge is 0.497 e. The molecule has 0 spiro atoms. The minimum atomic E-state index is -0.314. The number of methoxy groups -OCH3 is 4. The molecule has 3 aromatic rings. The van der Waals surface area contributed by atoms with Crippen molar-refractivity contribution in [3.8, 4) is 23.0 Å². The molecule has 1 heterocycles. The first kappa shape index (κ1) is 22.7. The molecule has 0 unspecified atom stereocenters. The lowest BCUT2D eigenvalue weighted by Crippen LogP contribution is -2.13. The number of aromatic nitrogens is 1. The van der Waals surface area contributed by atoms with Crippen LogP contribution in [0.15, 0.2) is 54.7 Å². The first-order chi connectivity index (χ1) is 15.6. The number of ether oxygens (including phenoxy) is 4. The molecular weight excluding hydrogens is 410 g/mol. The van der Waals surface area contributed by atoms with Gasteiger partial charge in [0.05, 0.1) is 40.3 Å². The highest BCUT2D eigenvalue weighted by atomic mass is 16.5. The van der Waals surface area contributed by atoms with E-state index in [2.05, 4.69) is 15.6 Å². The number of amides is 1. The number of benzene rings is 2. The van der Waals surface area contributed by atoms with E-state index in [-0.39, 0.29) is 5.91 Å². The summed E-state index contributed by atoms with van der Waals surface area (Å²) in [5, 5.41) is 6.10. The third-order valence-electron chi connectivity index (χ3n) is 4.83. The van der Waals surface area contributed by atoms with E-state index in [9.17, 15) is 4.79 Å². The van der Waals surface area contributed by atoms with Crippen molar-refractivity contribution in [2.45, 2.75) is 6.42 Å². The minimum absolute atomic E-state index is 0.314. The highest BCUT2D eigenvalue weighted by molar-refractivity contribution is 6.05. The first-order valence-electron chi connectivity index (χ1n) is 10.0. The van der Waals surface area contributed by atoms with Crippen LogP contribution in [0.2, 0.25) is 0 Å². The van der Waals surface area contributed by atoms with Crippen LogP contribution >= 0.6 is 0 Å². The van der Waals surface area contributed by atoms with Gasteiger partial charge in [0.2, 0.25) is 5.75 Å².